The van der Waals surface area contributed by atoms with Crippen LogP contribution in [0.25, 0.3) is 0 Å². The van der Waals surface area contributed by atoms with Gasteiger partial charge in [-0.25, -0.2) is 0 Å². The lowest BCUT2D eigenvalue weighted by molar-refractivity contribution is -0.129. The van der Waals surface area contributed by atoms with E-state index in [-0.39, 0.29) is 5.91 Å². The van der Waals surface area contributed by atoms with Crippen molar-refractivity contribution in [3.05, 3.63) is 35.4 Å². The quantitative estimate of drug-likeness (QED) is 0.779. The largest absolute Gasteiger partial charge is 0.344 e. The summed E-state index contributed by atoms with van der Waals surface area (Å²) in [5.74, 6) is 0.177. The lowest BCUT2D eigenvalue weighted by atomic mass is 10.0. The highest BCUT2D eigenvalue weighted by molar-refractivity contribution is 5.78. The molecule has 0 radical (unpaired) electrons. The zero-order valence-corrected chi connectivity index (χ0v) is 12.4. The van der Waals surface area contributed by atoms with Crippen LogP contribution in [0.3, 0.4) is 0 Å². The van der Waals surface area contributed by atoms with Crippen LogP contribution in [0.15, 0.2) is 24.3 Å². The average molecular weight is 262 g/mol. The normalized spacial score (nSPS) is 10.5. The van der Waals surface area contributed by atoms with E-state index in [1.807, 2.05) is 14.1 Å². The number of hydrogen-bond donors (Lipinski definition) is 1. The number of carbonyl (C=O) groups is 1. The first-order valence-electron chi connectivity index (χ1n) is 7.13. The van der Waals surface area contributed by atoms with Crippen LogP contribution in [0.5, 0.6) is 0 Å². The molecule has 1 rings (SSSR count). The molecule has 0 aliphatic heterocycles. The van der Waals surface area contributed by atoms with Crippen molar-refractivity contribution in [3.63, 3.8) is 0 Å². The topological polar surface area (TPSA) is 32.3 Å². The fourth-order valence-corrected chi connectivity index (χ4v) is 1.92. The molecule has 0 fully saturated rings. The standard InChI is InChI=1S/C16H26N2O/c1-4-5-6-14-7-9-15(10-8-14)13-16(19)18(3)12-11-17-2/h7-10,17H,4-6,11-13H2,1-3H3. The second kappa shape index (κ2) is 8.70. The van der Waals surface area contributed by atoms with Crippen LogP contribution in [0.2, 0.25) is 0 Å². The zero-order valence-electron chi connectivity index (χ0n) is 12.4. The number of rotatable bonds is 8. The van der Waals surface area contributed by atoms with Gasteiger partial charge in [0, 0.05) is 20.1 Å². The molecule has 0 heterocycles. The summed E-state index contributed by atoms with van der Waals surface area (Å²) in [4.78, 5) is 13.8. The summed E-state index contributed by atoms with van der Waals surface area (Å²) in [6.07, 6.45) is 4.07. The number of unbranched alkanes of at least 4 members (excludes halogenated alkanes) is 1. The third-order valence-corrected chi connectivity index (χ3v) is 3.32. The first-order valence-corrected chi connectivity index (χ1v) is 7.13. The molecule has 0 spiro atoms. The van der Waals surface area contributed by atoms with Gasteiger partial charge in [0.15, 0.2) is 0 Å². The molecule has 106 valence electrons. The third-order valence-electron chi connectivity index (χ3n) is 3.32. The van der Waals surface area contributed by atoms with Gasteiger partial charge in [0.05, 0.1) is 6.42 Å². The number of nitrogens with zero attached hydrogens (tertiary/aromatic N) is 1. The number of aryl methyl sites for hydroxylation is 1. The summed E-state index contributed by atoms with van der Waals surface area (Å²) in [5.41, 5.74) is 2.46. The van der Waals surface area contributed by atoms with Gasteiger partial charge in [-0.15, -0.1) is 0 Å². The summed E-state index contributed by atoms with van der Waals surface area (Å²) in [5, 5.41) is 3.05. The van der Waals surface area contributed by atoms with E-state index in [2.05, 4.69) is 36.5 Å². The molecule has 1 aromatic carbocycles. The fraction of sp³-hybridized carbons (Fsp3) is 0.562. The van der Waals surface area contributed by atoms with Crippen molar-refractivity contribution in [1.29, 1.82) is 0 Å². The van der Waals surface area contributed by atoms with E-state index >= 15 is 0 Å². The maximum Gasteiger partial charge on any atom is 0.226 e. The average Bonchev–Trinajstić information content (AvgIpc) is 2.43. The summed E-state index contributed by atoms with van der Waals surface area (Å²) < 4.78 is 0. The van der Waals surface area contributed by atoms with Gasteiger partial charge in [-0.05, 0) is 31.0 Å². The van der Waals surface area contributed by atoms with E-state index in [4.69, 9.17) is 0 Å². The predicted molar refractivity (Wildman–Crippen MR) is 80.3 cm³/mol. The molecule has 3 heteroatoms. The highest BCUT2D eigenvalue weighted by Gasteiger charge is 2.08. The molecule has 1 N–H and O–H groups in total. The Kier molecular flexibility index (Phi) is 7.19. The van der Waals surface area contributed by atoms with Crippen molar-refractivity contribution in [3.8, 4) is 0 Å². The molecule has 0 atom stereocenters. The van der Waals surface area contributed by atoms with Crippen LogP contribution in [0.1, 0.15) is 30.9 Å². The van der Waals surface area contributed by atoms with E-state index in [9.17, 15) is 4.79 Å². The van der Waals surface area contributed by atoms with Crippen LogP contribution in [0, 0.1) is 0 Å². The van der Waals surface area contributed by atoms with Crippen LogP contribution >= 0.6 is 0 Å². The van der Waals surface area contributed by atoms with E-state index in [0.717, 1.165) is 25.1 Å². The molecule has 19 heavy (non-hydrogen) atoms. The van der Waals surface area contributed by atoms with Crippen molar-refractivity contribution in [2.24, 2.45) is 0 Å². The molecule has 0 unspecified atom stereocenters. The Balaban J connectivity index is 2.45. The molecule has 0 saturated carbocycles. The molecule has 1 amide bonds. The Morgan fingerprint density at radius 3 is 2.42 bits per heavy atom. The Bertz CT molecular complexity index is 373. The van der Waals surface area contributed by atoms with Gasteiger partial charge in [-0.3, -0.25) is 4.79 Å². The van der Waals surface area contributed by atoms with Crippen LogP contribution in [0.4, 0.5) is 0 Å². The van der Waals surface area contributed by atoms with Crippen molar-refractivity contribution < 1.29 is 4.79 Å². The molecule has 3 nitrogen and oxygen atoms in total. The number of likely N-dealkylation sites (N-methyl/N-ethyl adjacent to an activating group) is 2. The number of benzene rings is 1. The molecule has 0 saturated heterocycles. The molecule has 0 aliphatic carbocycles. The van der Waals surface area contributed by atoms with Gasteiger partial charge in [-0.1, -0.05) is 37.6 Å². The van der Waals surface area contributed by atoms with E-state index in [1.165, 1.54) is 18.4 Å². The Labute approximate surface area is 117 Å². The van der Waals surface area contributed by atoms with Crippen molar-refractivity contribution in [2.45, 2.75) is 32.6 Å². The monoisotopic (exact) mass is 262 g/mol. The summed E-state index contributed by atoms with van der Waals surface area (Å²) in [6.45, 7) is 3.79. The first-order chi connectivity index (χ1) is 9.17. The summed E-state index contributed by atoms with van der Waals surface area (Å²) in [6, 6.07) is 8.45. The van der Waals surface area contributed by atoms with Crippen LogP contribution in [-0.4, -0.2) is 38.0 Å². The summed E-state index contributed by atoms with van der Waals surface area (Å²) in [7, 11) is 3.75. The first kappa shape index (κ1) is 15.7. The number of carbonyl (C=O) groups excluding carboxylic acids is 1. The number of amides is 1. The minimum absolute atomic E-state index is 0.177. The van der Waals surface area contributed by atoms with Crippen LogP contribution in [-0.2, 0) is 17.6 Å². The maximum atomic E-state index is 12.0. The van der Waals surface area contributed by atoms with Gasteiger partial charge in [0.2, 0.25) is 5.91 Å². The Morgan fingerprint density at radius 1 is 1.21 bits per heavy atom. The smallest absolute Gasteiger partial charge is 0.226 e. The van der Waals surface area contributed by atoms with E-state index in [1.54, 1.807) is 4.90 Å². The van der Waals surface area contributed by atoms with Crippen molar-refractivity contribution in [2.75, 3.05) is 27.2 Å². The fourth-order valence-electron chi connectivity index (χ4n) is 1.92. The second-order valence-electron chi connectivity index (χ2n) is 5.02. The third kappa shape index (κ3) is 5.88. The van der Waals surface area contributed by atoms with Gasteiger partial charge >= 0.3 is 0 Å². The minimum atomic E-state index is 0.177. The summed E-state index contributed by atoms with van der Waals surface area (Å²) >= 11 is 0. The highest BCUT2D eigenvalue weighted by atomic mass is 16.2. The SMILES string of the molecule is CCCCc1ccc(CC(=O)N(C)CCNC)cc1. The molecule has 0 bridgehead atoms. The molecule has 0 aliphatic rings. The minimum Gasteiger partial charge on any atom is -0.344 e. The van der Waals surface area contributed by atoms with Crippen molar-refractivity contribution >= 4 is 5.91 Å². The molecular formula is C16H26N2O. The second-order valence-corrected chi connectivity index (χ2v) is 5.02. The van der Waals surface area contributed by atoms with Gasteiger partial charge in [0.1, 0.15) is 0 Å². The van der Waals surface area contributed by atoms with Crippen molar-refractivity contribution in [1.82, 2.24) is 10.2 Å². The van der Waals surface area contributed by atoms with E-state index < -0.39 is 0 Å². The zero-order chi connectivity index (χ0) is 14.1. The number of hydrogen-bond acceptors (Lipinski definition) is 2. The van der Waals surface area contributed by atoms with E-state index in [0.29, 0.717) is 6.42 Å². The lowest BCUT2D eigenvalue weighted by Crippen LogP contribution is -2.33. The maximum absolute atomic E-state index is 12.0. The Morgan fingerprint density at radius 2 is 1.84 bits per heavy atom. The molecule has 1 aromatic rings. The van der Waals surface area contributed by atoms with Crippen LogP contribution < -0.4 is 5.32 Å². The van der Waals surface area contributed by atoms with Gasteiger partial charge in [0.25, 0.3) is 0 Å². The van der Waals surface area contributed by atoms with Gasteiger partial charge < -0.3 is 10.2 Å². The Hall–Kier alpha value is -1.35. The van der Waals surface area contributed by atoms with Gasteiger partial charge in [-0.2, -0.15) is 0 Å². The number of nitrogens with one attached hydrogen (secondary N) is 1. The lowest BCUT2D eigenvalue weighted by Gasteiger charge is -2.16. The molecular weight excluding hydrogens is 236 g/mol. The molecule has 0 aromatic heterocycles. The predicted octanol–water partition coefficient (Wildman–Crippen LogP) is 2.25. The highest BCUT2D eigenvalue weighted by Crippen LogP contribution is 2.09.